The average Bonchev–Trinajstić information content (AvgIpc) is 3.62. The molecule has 0 radical (unpaired) electrons. The lowest BCUT2D eigenvalue weighted by Gasteiger charge is -2.35. The van der Waals surface area contributed by atoms with Gasteiger partial charge >= 0.3 is 0 Å². The van der Waals surface area contributed by atoms with Crippen molar-refractivity contribution in [1.82, 2.24) is 10.2 Å². The summed E-state index contributed by atoms with van der Waals surface area (Å²) in [6.45, 7) is 2.25. The van der Waals surface area contributed by atoms with E-state index in [1.54, 1.807) is 42.7 Å². The highest BCUT2D eigenvalue weighted by atomic mass is 16.6. The second kappa shape index (κ2) is 10.4. The predicted molar refractivity (Wildman–Crippen MR) is 130 cm³/mol. The molecule has 0 saturated carbocycles. The van der Waals surface area contributed by atoms with Gasteiger partial charge in [0.2, 0.25) is 12.0 Å². The lowest BCUT2D eigenvalue weighted by Crippen LogP contribution is -2.50. The normalized spacial score (nSPS) is 15.2. The maximum atomic E-state index is 13.9. The molecule has 2 atom stereocenters. The van der Waals surface area contributed by atoms with Crippen LogP contribution in [0.4, 0.5) is 0 Å². The molecule has 8 heteroatoms. The molecule has 2 aromatic heterocycles. The number of nitrogens with one attached hydrogen (secondary N) is 1. The first-order chi connectivity index (χ1) is 17.6. The van der Waals surface area contributed by atoms with Gasteiger partial charge < -0.3 is 28.5 Å². The molecule has 2 amide bonds. The topological polar surface area (TPSA) is 94.2 Å². The number of amides is 2. The number of hydrogen-bond donors (Lipinski definition) is 1. The van der Waals surface area contributed by atoms with Crippen molar-refractivity contribution < 1.29 is 27.9 Å². The van der Waals surface area contributed by atoms with E-state index in [2.05, 4.69) is 5.32 Å². The van der Waals surface area contributed by atoms with Crippen molar-refractivity contribution in [3.63, 3.8) is 0 Å². The molecule has 184 valence electrons. The zero-order chi connectivity index (χ0) is 24.9. The van der Waals surface area contributed by atoms with Crippen LogP contribution in [0.5, 0.6) is 11.5 Å². The van der Waals surface area contributed by atoms with Gasteiger partial charge in [-0.1, -0.05) is 42.0 Å². The molecule has 0 bridgehead atoms. The molecule has 36 heavy (non-hydrogen) atoms. The van der Waals surface area contributed by atoms with Crippen molar-refractivity contribution in [2.45, 2.75) is 32.2 Å². The van der Waals surface area contributed by atoms with Gasteiger partial charge in [0.15, 0.2) is 11.5 Å². The number of furan rings is 2. The van der Waals surface area contributed by atoms with Gasteiger partial charge in [-0.2, -0.15) is 0 Å². The molecule has 4 aromatic rings. The van der Waals surface area contributed by atoms with Gasteiger partial charge in [-0.15, -0.1) is 0 Å². The summed E-state index contributed by atoms with van der Waals surface area (Å²) < 4.78 is 22.7. The number of fused-ring (bicyclic) bond motifs is 1. The van der Waals surface area contributed by atoms with Gasteiger partial charge in [0.25, 0.3) is 5.91 Å². The molecule has 3 heterocycles. The van der Waals surface area contributed by atoms with Crippen LogP contribution in [-0.4, -0.2) is 29.4 Å². The number of benzene rings is 2. The van der Waals surface area contributed by atoms with Crippen LogP contribution in [0.1, 0.15) is 28.7 Å². The van der Waals surface area contributed by atoms with Crippen molar-refractivity contribution in [2.75, 3.05) is 6.61 Å². The largest absolute Gasteiger partial charge is 0.485 e. The van der Waals surface area contributed by atoms with Crippen LogP contribution in [0.3, 0.4) is 0 Å². The van der Waals surface area contributed by atoms with E-state index >= 15 is 0 Å². The first-order valence-corrected chi connectivity index (χ1v) is 11.7. The van der Waals surface area contributed by atoms with E-state index in [1.807, 2.05) is 43.3 Å². The Morgan fingerprint density at radius 1 is 0.917 bits per heavy atom. The van der Waals surface area contributed by atoms with Crippen molar-refractivity contribution in [3.05, 3.63) is 108 Å². The number of para-hydroxylation sites is 2. The summed E-state index contributed by atoms with van der Waals surface area (Å²) in [4.78, 5) is 29.0. The maximum Gasteiger partial charge on any atom is 0.268 e. The van der Waals surface area contributed by atoms with Crippen molar-refractivity contribution in [3.8, 4) is 11.5 Å². The summed E-state index contributed by atoms with van der Waals surface area (Å²) in [5, 5.41) is 2.90. The van der Waals surface area contributed by atoms with Gasteiger partial charge in [-0.05, 0) is 48.9 Å². The van der Waals surface area contributed by atoms with E-state index in [-0.39, 0.29) is 31.5 Å². The minimum atomic E-state index is -0.945. The van der Waals surface area contributed by atoms with Crippen LogP contribution in [0.15, 0.2) is 94.2 Å². The predicted octanol–water partition coefficient (Wildman–Crippen LogP) is 4.41. The average molecular weight is 487 g/mol. The molecule has 2 aromatic carbocycles. The van der Waals surface area contributed by atoms with E-state index in [4.69, 9.17) is 18.3 Å². The molecule has 1 aliphatic rings. The van der Waals surface area contributed by atoms with Gasteiger partial charge in [0.1, 0.15) is 24.2 Å². The van der Waals surface area contributed by atoms with Crippen LogP contribution >= 0.6 is 0 Å². The fraction of sp³-hybridized carbons (Fsp3) is 0.214. The molecule has 5 rings (SSSR count). The standard InChI is InChI=1S/C28H26N2O6/c1-19-10-12-20(13-11-19)26(27(31)29-16-21-6-4-14-33-21)30(17-22-7-5-15-34-22)28(32)25-18-35-23-8-2-3-9-24(23)36-25/h2-15,25-26H,16-18H2,1H3,(H,29,31)/t25-,26-/m0/s1. The lowest BCUT2D eigenvalue weighted by atomic mass is 10.0. The second-order valence-corrected chi connectivity index (χ2v) is 8.52. The van der Waals surface area contributed by atoms with Crippen molar-refractivity contribution in [2.24, 2.45) is 0 Å². The molecular formula is C28H26N2O6. The van der Waals surface area contributed by atoms with Crippen molar-refractivity contribution in [1.29, 1.82) is 0 Å². The smallest absolute Gasteiger partial charge is 0.268 e. The third-order valence-electron chi connectivity index (χ3n) is 5.94. The molecule has 8 nitrogen and oxygen atoms in total. The van der Waals surface area contributed by atoms with Crippen molar-refractivity contribution >= 4 is 11.8 Å². The van der Waals surface area contributed by atoms with Crippen LogP contribution in [-0.2, 0) is 22.7 Å². The number of aryl methyl sites for hydroxylation is 1. The molecule has 1 N–H and O–H groups in total. The highest BCUT2D eigenvalue weighted by Crippen LogP contribution is 2.33. The molecule has 1 aliphatic heterocycles. The third-order valence-corrected chi connectivity index (χ3v) is 5.94. The Morgan fingerprint density at radius 2 is 1.61 bits per heavy atom. The fourth-order valence-corrected chi connectivity index (χ4v) is 4.10. The summed E-state index contributed by atoms with van der Waals surface area (Å²) in [6, 6.07) is 20.8. The first kappa shape index (κ1) is 23.3. The molecule has 0 fully saturated rings. The summed E-state index contributed by atoms with van der Waals surface area (Å²) in [5.41, 5.74) is 1.70. The van der Waals surface area contributed by atoms with Gasteiger partial charge in [-0.25, -0.2) is 0 Å². The van der Waals surface area contributed by atoms with Gasteiger partial charge in [0.05, 0.1) is 25.6 Å². The SMILES string of the molecule is Cc1ccc([C@@H](C(=O)NCc2ccco2)N(Cc2ccco2)C(=O)[C@@H]2COc3ccccc3O2)cc1. The Balaban J connectivity index is 1.48. The van der Waals surface area contributed by atoms with Gasteiger partial charge in [0, 0.05) is 0 Å². The Hall–Kier alpha value is -4.46. The highest BCUT2D eigenvalue weighted by Gasteiger charge is 2.38. The van der Waals surface area contributed by atoms with E-state index in [0.29, 0.717) is 28.6 Å². The number of hydrogen-bond acceptors (Lipinski definition) is 6. The number of nitrogens with zero attached hydrogens (tertiary/aromatic N) is 1. The Labute approximate surface area is 208 Å². The highest BCUT2D eigenvalue weighted by molar-refractivity contribution is 5.90. The third kappa shape index (κ3) is 5.12. The van der Waals surface area contributed by atoms with Crippen LogP contribution in [0, 0.1) is 6.92 Å². The maximum absolute atomic E-state index is 13.9. The summed E-state index contributed by atoms with van der Waals surface area (Å²) >= 11 is 0. The zero-order valence-corrected chi connectivity index (χ0v) is 19.8. The Morgan fingerprint density at radius 3 is 2.31 bits per heavy atom. The minimum Gasteiger partial charge on any atom is -0.485 e. The quantitative estimate of drug-likeness (QED) is 0.397. The van der Waals surface area contributed by atoms with Crippen LogP contribution < -0.4 is 14.8 Å². The summed E-state index contributed by atoms with van der Waals surface area (Å²) in [6.07, 6.45) is 2.15. The minimum absolute atomic E-state index is 0.0269. The molecule has 0 spiro atoms. The fourth-order valence-electron chi connectivity index (χ4n) is 4.10. The molecule has 0 unspecified atom stereocenters. The molecule has 0 aliphatic carbocycles. The first-order valence-electron chi connectivity index (χ1n) is 11.7. The van der Waals surface area contributed by atoms with E-state index < -0.39 is 12.1 Å². The molecule has 0 saturated heterocycles. The number of carbonyl (C=O) groups excluding carboxylic acids is 2. The van der Waals surface area contributed by atoms with Crippen LogP contribution in [0.2, 0.25) is 0 Å². The Kier molecular flexibility index (Phi) is 6.75. The van der Waals surface area contributed by atoms with Gasteiger partial charge in [-0.3, -0.25) is 9.59 Å². The number of rotatable bonds is 8. The zero-order valence-electron chi connectivity index (χ0n) is 19.8. The van der Waals surface area contributed by atoms with E-state index in [9.17, 15) is 9.59 Å². The lowest BCUT2D eigenvalue weighted by molar-refractivity contribution is -0.149. The van der Waals surface area contributed by atoms with E-state index in [1.165, 1.54) is 11.2 Å². The number of carbonyl (C=O) groups is 2. The summed E-state index contributed by atoms with van der Waals surface area (Å²) in [7, 11) is 0. The summed E-state index contributed by atoms with van der Waals surface area (Å²) in [5.74, 6) is 1.46. The Bertz CT molecular complexity index is 1300. The van der Waals surface area contributed by atoms with E-state index in [0.717, 1.165) is 5.56 Å². The van der Waals surface area contributed by atoms with Crippen LogP contribution in [0.25, 0.3) is 0 Å². The molecular weight excluding hydrogens is 460 g/mol. The number of ether oxygens (including phenoxy) is 2. The second-order valence-electron chi connectivity index (χ2n) is 8.52. The monoisotopic (exact) mass is 486 g/mol.